The number of rotatable bonds is 5. The van der Waals surface area contributed by atoms with Gasteiger partial charge in [0.1, 0.15) is 0 Å². The minimum absolute atomic E-state index is 0.0257. The lowest BCUT2D eigenvalue weighted by atomic mass is 10.1. The summed E-state index contributed by atoms with van der Waals surface area (Å²) in [5.41, 5.74) is 3.24. The summed E-state index contributed by atoms with van der Waals surface area (Å²) in [5.74, 6) is 0.370. The van der Waals surface area contributed by atoms with Crippen molar-refractivity contribution in [2.45, 2.75) is 34.2 Å². The molecule has 2 aromatic heterocycles. The SMILES string of the molecule is Cc1cc(C)n(C[C@H](C)CNC(=O)c2sccc2C)n1. The van der Waals surface area contributed by atoms with Gasteiger partial charge in [0.05, 0.1) is 10.6 Å². The van der Waals surface area contributed by atoms with Crippen LogP contribution in [-0.2, 0) is 6.54 Å². The molecule has 2 aromatic rings. The maximum absolute atomic E-state index is 12.0. The minimum atomic E-state index is 0.0257. The summed E-state index contributed by atoms with van der Waals surface area (Å²) in [6, 6.07) is 4.04. The van der Waals surface area contributed by atoms with Crippen molar-refractivity contribution in [3.63, 3.8) is 0 Å². The first-order valence-electron chi connectivity index (χ1n) is 6.80. The van der Waals surface area contributed by atoms with Crippen LogP contribution in [0.3, 0.4) is 0 Å². The molecule has 0 aliphatic heterocycles. The molecule has 0 saturated heterocycles. The Kier molecular flexibility index (Phi) is 4.60. The molecular weight excluding hydrogens is 270 g/mol. The van der Waals surface area contributed by atoms with Crippen LogP contribution in [0.5, 0.6) is 0 Å². The maximum Gasteiger partial charge on any atom is 0.261 e. The molecule has 1 amide bonds. The number of nitrogens with zero attached hydrogens (tertiary/aromatic N) is 2. The third-order valence-corrected chi connectivity index (χ3v) is 4.28. The number of carbonyl (C=O) groups excluding carboxylic acids is 1. The highest BCUT2D eigenvalue weighted by Gasteiger charge is 2.12. The molecule has 2 heterocycles. The molecule has 0 aliphatic rings. The standard InChI is InChI=1S/C15H21N3OS/c1-10(9-18-13(4)7-12(3)17-18)8-16-15(19)14-11(2)5-6-20-14/h5-7,10H,8-9H2,1-4H3,(H,16,19)/t10-/m1/s1. The van der Waals surface area contributed by atoms with Crippen LogP contribution >= 0.6 is 11.3 Å². The first-order valence-corrected chi connectivity index (χ1v) is 7.68. The highest BCUT2D eigenvalue weighted by atomic mass is 32.1. The predicted octanol–water partition coefficient (Wildman–Crippen LogP) is 2.94. The van der Waals surface area contributed by atoms with Gasteiger partial charge in [0.2, 0.25) is 0 Å². The van der Waals surface area contributed by atoms with E-state index in [1.54, 1.807) is 0 Å². The van der Waals surface area contributed by atoms with Crippen LogP contribution in [0.1, 0.15) is 33.5 Å². The predicted molar refractivity (Wildman–Crippen MR) is 82.3 cm³/mol. The van der Waals surface area contributed by atoms with Crippen molar-refractivity contribution in [1.82, 2.24) is 15.1 Å². The van der Waals surface area contributed by atoms with E-state index in [1.165, 1.54) is 11.3 Å². The van der Waals surface area contributed by atoms with E-state index in [0.717, 1.165) is 28.4 Å². The van der Waals surface area contributed by atoms with Gasteiger partial charge >= 0.3 is 0 Å². The summed E-state index contributed by atoms with van der Waals surface area (Å²) < 4.78 is 2.00. The van der Waals surface area contributed by atoms with Gasteiger partial charge in [0.25, 0.3) is 5.91 Å². The molecule has 0 spiro atoms. The summed E-state index contributed by atoms with van der Waals surface area (Å²) in [7, 11) is 0. The second-order valence-electron chi connectivity index (χ2n) is 5.36. The third kappa shape index (κ3) is 3.48. The number of aryl methyl sites for hydroxylation is 3. The van der Waals surface area contributed by atoms with Crippen molar-refractivity contribution in [2.75, 3.05) is 6.54 Å². The molecule has 0 aliphatic carbocycles. The Morgan fingerprint density at radius 2 is 2.20 bits per heavy atom. The van der Waals surface area contributed by atoms with Crippen LogP contribution in [-0.4, -0.2) is 22.2 Å². The molecule has 0 radical (unpaired) electrons. The number of hydrogen-bond acceptors (Lipinski definition) is 3. The van der Waals surface area contributed by atoms with Crippen molar-refractivity contribution in [2.24, 2.45) is 5.92 Å². The molecule has 0 unspecified atom stereocenters. The zero-order valence-electron chi connectivity index (χ0n) is 12.4. The van der Waals surface area contributed by atoms with Gasteiger partial charge in [-0.3, -0.25) is 9.48 Å². The topological polar surface area (TPSA) is 46.9 Å². The first-order chi connectivity index (χ1) is 9.47. The fourth-order valence-corrected chi connectivity index (χ4v) is 3.01. The normalized spacial score (nSPS) is 12.4. The Morgan fingerprint density at radius 1 is 1.45 bits per heavy atom. The number of thiophene rings is 1. The summed E-state index contributed by atoms with van der Waals surface area (Å²) >= 11 is 1.49. The van der Waals surface area contributed by atoms with Crippen molar-refractivity contribution < 1.29 is 4.79 Å². The summed E-state index contributed by atoms with van der Waals surface area (Å²) in [6.45, 7) is 9.62. The molecule has 2 rings (SSSR count). The van der Waals surface area contributed by atoms with Crippen molar-refractivity contribution in [3.05, 3.63) is 39.3 Å². The average molecular weight is 291 g/mol. The molecular formula is C15H21N3OS. The first kappa shape index (κ1) is 14.8. The number of carbonyl (C=O) groups is 1. The largest absolute Gasteiger partial charge is 0.351 e. The van der Waals surface area contributed by atoms with Crippen LogP contribution in [0, 0.1) is 26.7 Å². The zero-order chi connectivity index (χ0) is 14.7. The van der Waals surface area contributed by atoms with Gasteiger partial charge < -0.3 is 5.32 Å². The smallest absolute Gasteiger partial charge is 0.261 e. The molecule has 0 fully saturated rings. The van der Waals surface area contributed by atoms with E-state index < -0.39 is 0 Å². The number of aromatic nitrogens is 2. The van der Waals surface area contributed by atoms with Crippen LogP contribution in [0.15, 0.2) is 17.5 Å². The molecule has 0 aromatic carbocycles. The molecule has 5 heteroatoms. The quantitative estimate of drug-likeness (QED) is 0.920. The molecule has 1 atom stereocenters. The highest BCUT2D eigenvalue weighted by Crippen LogP contribution is 2.15. The number of amides is 1. The van der Waals surface area contributed by atoms with Crippen LogP contribution in [0.25, 0.3) is 0 Å². The maximum atomic E-state index is 12.0. The van der Waals surface area contributed by atoms with Crippen LogP contribution < -0.4 is 5.32 Å². The van der Waals surface area contributed by atoms with Crippen molar-refractivity contribution >= 4 is 17.2 Å². The van der Waals surface area contributed by atoms with Gasteiger partial charge in [-0.2, -0.15) is 5.10 Å². The van der Waals surface area contributed by atoms with E-state index in [9.17, 15) is 4.79 Å². The molecule has 108 valence electrons. The second-order valence-corrected chi connectivity index (χ2v) is 6.27. The van der Waals surface area contributed by atoms with E-state index >= 15 is 0 Å². The third-order valence-electron chi connectivity index (χ3n) is 3.27. The Hall–Kier alpha value is -1.62. The average Bonchev–Trinajstić information content (AvgIpc) is 2.93. The van der Waals surface area contributed by atoms with E-state index in [0.29, 0.717) is 12.5 Å². The fraction of sp³-hybridized carbons (Fsp3) is 0.467. The van der Waals surface area contributed by atoms with Crippen molar-refractivity contribution in [1.29, 1.82) is 0 Å². The van der Waals surface area contributed by atoms with Gasteiger partial charge in [-0.1, -0.05) is 6.92 Å². The Bertz CT molecular complexity index is 600. The molecule has 4 nitrogen and oxygen atoms in total. The molecule has 0 saturated carbocycles. The monoisotopic (exact) mass is 291 g/mol. The Balaban J connectivity index is 1.86. The lowest BCUT2D eigenvalue weighted by Crippen LogP contribution is -2.30. The lowest BCUT2D eigenvalue weighted by Gasteiger charge is -2.14. The Labute approximate surface area is 123 Å². The molecule has 1 N–H and O–H groups in total. The zero-order valence-corrected chi connectivity index (χ0v) is 13.3. The van der Waals surface area contributed by atoms with Gasteiger partial charge in [0.15, 0.2) is 0 Å². The van der Waals surface area contributed by atoms with E-state index in [-0.39, 0.29) is 5.91 Å². The molecule has 20 heavy (non-hydrogen) atoms. The van der Waals surface area contributed by atoms with Gasteiger partial charge in [0, 0.05) is 18.8 Å². The van der Waals surface area contributed by atoms with Crippen LogP contribution in [0.4, 0.5) is 0 Å². The lowest BCUT2D eigenvalue weighted by molar-refractivity contribution is 0.0950. The van der Waals surface area contributed by atoms with E-state index in [1.807, 2.05) is 30.0 Å². The van der Waals surface area contributed by atoms with Gasteiger partial charge in [-0.15, -0.1) is 11.3 Å². The van der Waals surface area contributed by atoms with Crippen molar-refractivity contribution in [3.8, 4) is 0 Å². The van der Waals surface area contributed by atoms with Gasteiger partial charge in [-0.25, -0.2) is 0 Å². The number of hydrogen-bond donors (Lipinski definition) is 1. The summed E-state index contributed by atoms with van der Waals surface area (Å²) in [6.07, 6.45) is 0. The minimum Gasteiger partial charge on any atom is -0.351 e. The highest BCUT2D eigenvalue weighted by molar-refractivity contribution is 7.12. The summed E-state index contributed by atoms with van der Waals surface area (Å²) in [4.78, 5) is 12.8. The second kappa shape index (κ2) is 6.22. The fourth-order valence-electron chi connectivity index (χ4n) is 2.17. The van der Waals surface area contributed by atoms with Crippen LogP contribution in [0.2, 0.25) is 0 Å². The Morgan fingerprint density at radius 3 is 2.75 bits per heavy atom. The van der Waals surface area contributed by atoms with E-state index in [4.69, 9.17) is 0 Å². The van der Waals surface area contributed by atoms with E-state index in [2.05, 4.69) is 30.3 Å². The summed E-state index contributed by atoms with van der Waals surface area (Å²) in [5, 5.41) is 9.40. The van der Waals surface area contributed by atoms with Gasteiger partial charge in [-0.05, 0) is 49.8 Å². The number of nitrogens with one attached hydrogen (secondary N) is 1. The molecule has 0 bridgehead atoms.